The first-order chi connectivity index (χ1) is 18.6. The van der Waals surface area contributed by atoms with Gasteiger partial charge in [0.15, 0.2) is 11.5 Å². The van der Waals surface area contributed by atoms with E-state index in [9.17, 15) is 9.18 Å². The molecule has 5 rings (SSSR count). The van der Waals surface area contributed by atoms with Gasteiger partial charge < -0.3 is 9.47 Å². The van der Waals surface area contributed by atoms with Gasteiger partial charge in [0.1, 0.15) is 12.4 Å². The fraction of sp³-hybridized carbons (Fsp3) is 0.0645. The van der Waals surface area contributed by atoms with Crippen molar-refractivity contribution in [3.8, 4) is 22.8 Å². The number of ether oxygens (including phenoxy) is 2. The highest BCUT2D eigenvalue weighted by Gasteiger charge is 2.13. The summed E-state index contributed by atoms with van der Waals surface area (Å²) in [6, 6.07) is 30.4. The summed E-state index contributed by atoms with van der Waals surface area (Å²) in [5.41, 5.74) is 7.00. The van der Waals surface area contributed by atoms with Gasteiger partial charge in [-0.1, -0.05) is 60.7 Å². The average molecular weight is 506 g/mol. The van der Waals surface area contributed by atoms with Gasteiger partial charge >= 0.3 is 0 Å². The molecule has 5 aromatic rings. The molecule has 0 aliphatic carbocycles. The number of aromatic nitrogens is 1. The maximum Gasteiger partial charge on any atom is 0.272 e. The Hall–Kier alpha value is -5.04. The van der Waals surface area contributed by atoms with Crippen LogP contribution in [0.15, 0.2) is 108 Å². The number of nitrogens with one attached hydrogen (secondary N) is 1. The number of hydrogen-bond donors (Lipinski definition) is 1. The minimum Gasteiger partial charge on any atom is -0.493 e. The van der Waals surface area contributed by atoms with Crippen molar-refractivity contribution in [2.24, 2.45) is 5.10 Å². The maximum atomic E-state index is 13.1. The molecule has 0 aliphatic rings. The van der Waals surface area contributed by atoms with Gasteiger partial charge in [0.05, 0.1) is 30.1 Å². The molecule has 0 spiro atoms. The van der Waals surface area contributed by atoms with Crippen LogP contribution in [0.1, 0.15) is 21.5 Å². The predicted molar refractivity (Wildman–Crippen MR) is 146 cm³/mol. The quantitative estimate of drug-likeness (QED) is 0.196. The molecule has 0 aliphatic heterocycles. The smallest absolute Gasteiger partial charge is 0.272 e. The molecular weight excluding hydrogens is 481 g/mol. The molecular formula is C31H24FN3O3. The Morgan fingerprint density at radius 2 is 1.68 bits per heavy atom. The lowest BCUT2D eigenvalue weighted by Crippen LogP contribution is -2.18. The first-order valence-electron chi connectivity index (χ1n) is 11.9. The second-order valence-corrected chi connectivity index (χ2v) is 8.46. The summed E-state index contributed by atoms with van der Waals surface area (Å²) in [5, 5.41) is 4.90. The summed E-state index contributed by atoms with van der Waals surface area (Å²) in [6.45, 7) is 0.269. The standard InChI is InChI=1S/C31H24FN3O3/c1-37-30-17-22(13-16-29(30)38-20-21-11-14-24(32)15-12-21)19-33-35-31(36)26-18-28(23-7-3-2-4-8-23)34-27-10-6-5-9-25(26)27/h2-19H,20H2,1H3,(H,35,36)/b33-19+. The van der Waals surface area contributed by atoms with Crippen LogP contribution in [0.25, 0.3) is 22.2 Å². The minimum absolute atomic E-state index is 0.269. The predicted octanol–water partition coefficient (Wildman–Crippen LogP) is 6.39. The number of carbonyl (C=O) groups is 1. The van der Waals surface area contributed by atoms with E-state index >= 15 is 0 Å². The Bertz CT molecular complexity index is 1600. The average Bonchev–Trinajstić information content (AvgIpc) is 2.97. The minimum atomic E-state index is -0.344. The van der Waals surface area contributed by atoms with Gasteiger partial charge in [0.25, 0.3) is 5.91 Å². The molecule has 7 heteroatoms. The van der Waals surface area contributed by atoms with Crippen molar-refractivity contribution in [3.05, 3.63) is 126 Å². The highest BCUT2D eigenvalue weighted by atomic mass is 19.1. The Morgan fingerprint density at radius 1 is 0.921 bits per heavy atom. The molecule has 1 N–H and O–H groups in total. The lowest BCUT2D eigenvalue weighted by Gasteiger charge is -2.11. The van der Waals surface area contributed by atoms with E-state index in [1.807, 2.05) is 54.6 Å². The number of hydrogen-bond acceptors (Lipinski definition) is 5. The van der Waals surface area contributed by atoms with Crippen LogP contribution in [-0.2, 0) is 6.61 Å². The summed E-state index contributed by atoms with van der Waals surface area (Å²) in [6.07, 6.45) is 1.53. The second kappa shape index (κ2) is 11.3. The van der Waals surface area contributed by atoms with Crippen LogP contribution < -0.4 is 14.9 Å². The van der Waals surface area contributed by atoms with Gasteiger partial charge in [0.2, 0.25) is 0 Å². The molecule has 0 radical (unpaired) electrons. The SMILES string of the molecule is COc1cc(/C=N/NC(=O)c2cc(-c3ccccc3)nc3ccccc23)ccc1OCc1ccc(F)cc1. The zero-order chi connectivity index (χ0) is 26.3. The molecule has 0 saturated carbocycles. The maximum absolute atomic E-state index is 13.1. The Balaban J connectivity index is 1.31. The Kier molecular flexibility index (Phi) is 7.36. The largest absolute Gasteiger partial charge is 0.493 e. The van der Waals surface area contributed by atoms with Gasteiger partial charge in [-0.05, 0) is 53.6 Å². The van der Waals surface area contributed by atoms with Gasteiger partial charge in [-0.15, -0.1) is 0 Å². The zero-order valence-corrected chi connectivity index (χ0v) is 20.6. The first-order valence-corrected chi connectivity index (χ1v) is 11.9. The van der Waals surface area contributed by atoms with E-state index in [4.69, 9.17) is 14.5 Å². The number of pyridine rings is 1. The van der Waals surface area contributed by atoms with Crippen LogP contribution in [0.3, 0.4) is 0 Å². The number of benzene rings is 4. The van der Waals surface area contributed by atoms with Crippen molar-refractivity contribution in [2.45, 2.75) is 6.61 Å². The number of para-hydroxylation sites is 1. The lowest BCUT2D eigenvalue weighted by molar-refractivity contribution is 0.0956. The number of halogens is 1. The van der Waals surface area contributed by atoms with Crippen LogP contribution >= 0.6 is 0 Å². The molecule has 1 aromatic heterocycles. The molecule has 4 aromatic carbocycles. The third kappa shape index (κ3) is 5.68. The summed E-state index contributed by atoms with van der Waals surface area (Å²) in [4.78, 5) is 17.9. The number of hydrazone groups is 1. The van der Waals surface area contributed by atoms with Crippen molar-refractivity contribution in [1.29, 1.82) is 0 Å². The van der Waals surface area contributed by atoms with E-state index in [-0.39, 0.29) is 18.3 Å². The topological polar surface area (TPSA) is 72.8 Å². The molecule has 0 atom stereocenters. The molecule has 0 saturated heterocycles. The third-order valence-electron chi connectivity index (χ3n) is 5.91. The number of methoxy groups -OCH3 is 1. The highest BCUT2D eigenvalue weighted by Crippen LogP contribution is 2.29. The fourth-order valence-electron chi connectivity index (χ4n) is 3.97. The Morgan fingerprint density at radius 3 is 2.47 bits per heavy atom. The van der Waals surface area contributed by atoms with Crippen molar-refractivity contribution < 1.29 is 18.7 Å². The molecule has 188 valence electrons. The molecule has 1 heterocycles. The first kappa shape index (κ1) is 24.6. The third-order valence-corrected chi connectivity index (χ3v) is 5.91. The molecule has 38 heavy (non-hydrogen) atoms. The number of fused-ring (bicyclic) bond motifs is 1. The van der Waals surface area contributed by atoms with Crippen LogP contribution in [0.4, 0.5) is 4.39 Å². The van der Waals surface area contributed by atoms with E-state index in [2.05, 4.69) is 10.5 Å². The van der Waals surface area contributed by atoms with E-state index in [1.54, 1.807) is 43.5 Å². The normalized spacial score (nSPS) is 11.0. The van der Waals surface area contributed by atoms with Crippen molar-refractivity contribution >= 4 is 23.0 Å². The van der Waals surface area contributed by atoms with Crippen LogP contribution in [0.5, 0.6) is 11.5 Å². The molecule has 0 bridgehead atoms. The number of nitrogens with zero attached hydrogens (tertiary/aromatic N) is 2. The summed E-state index contributed by atoms with van der Waals surface area (Å²) < 4.78 is 24.4. The van der Waals surface area contributed by atoms with E-state index in [0.717, 1.165) is 22.0 Å². The van der Waals surface area contributed by atoms with E-state index in [0.29, 0.717) is 28.3 Å². The summed E-state index contributed by atoms with van der Waals surface area (Å²) in [5.74, 6) is 0.406. The second-order valence-electron chi connectivity index (χ2n) is 8.46. The molecule has 6 nitrogen and oxygen atoms in total. The van der Waals surface area contributed by atoms with E-state index in [1.165, 1.54) is 18.3 Å². The summed E-state index contributed by atoms with van der Waals surface area (Å²) >= 11 is 0. The van der Waals surface area contributed by atoms with E-state index < -0.39 is 0 Å². The Labute approximate surface area is 219 Å². The van der Waals surface area contributed by atoms with Crippen molar-refractivity contribution in [2.75, 3.05) is 7.11 Å². The molecule has 1 amide bonds. The lowest BCUT2D eigenvalue weighted by atomic mass is 10.0. The fourth-order valence-corrected chi connectivity index (χ4v) is 3.97. The van der Waals surface area contributed by atoms with Crippen molar-refractivity contribution in [3.63, 3.8) is 0 Å². The van der Waals surface area contributed by atoms with Gasteiger partial charge in [0, 0.05) is 10.9 Å². The summed E-state index contributed by atoms with van der Waals surface area (Å²) in [7, 11) is 1.54. The van der Waals surface area contributed by atoms with Gasteiger partial charge in [-0.25, -0.2) is 14.8 Å². The van der Waals surface area contributed by atoms with Crippen LogP contribution in [-0.4, -0.2) is 24.2 Å². The number of amides is 1. The monoisotopic (exact) mass is 505 g/mol. The van der Waals surface area contributed by atoms with Gasteiger partial charge in [-0.3, -0.25) is 4.79 Å². The number of rotatable bonds is 8. The van der Waals surface area contributed by atoms with Crippen LogP contribution in [0, 0.1) is 5.82 Å². The molecule has 0 unspecified atom stereocenters. The number of carbonyl (C=O) groups excluding carboxylic acids is 1. The molecule has 0 fully saturated rings. The zero-order valence-electron chi connectivity index (χ0n) is 20.6. The highest BCUT2D eigenvalue weighted by molar-refractivity contribution is 6.07. The van der Waals surface area contributed by atoms with Crippen molar-refractivity contribution in [1.82, 2.24) is 10.4 Å². The van der Waals surface area contributed by atoms with Crippen LogP contribution in [0.2, 0.25) is 0 Å². The van der Waals surface area contributed by atoms with Gasteiger partial charge in [-0.2, -0.15) is 5.10 Å².